The maximum atomic E-state index is 12.9. The molecule has 1 atom stereocenters. The van der Waals surface area contributed by atoms with E-state index in [0.717, 1.165) is 5.69 Å². The second kappa shape index (κ2) is 6.71. The van der Waals surface area contributed by atoms with Crippen LogP contribution in [0.1, 0.15) is 49.7 Å². The molecule has 0 unspecified atom stereocenters. The summed E-state index contributed by atoms with van der Waals surface area (Å²) in [7, 11) is 1.64. The van der Waals surface area contributed by atoms with E-state index in [-0.39, 0.29) is 17.9 Å². The van der Waals surface area contributed by atoms with Crippen molar-refractivity contribution < 1.29 is 14.3 Å². The molecular formula is C16H25N3O3. The molecule has 1 aliphatic rings. The van der Waals surface area contributed by atoms with E-state index in [0.29, 0.717) is 25.3 Å². The van der Waals surface area contributed by atoms with Gasteiger partial charge in [0, 0.05) is 26.4 Å². The third-order valence-electron chi connectivity index (χ3n) is 3.64. The molecule has 1 amide bonds. The number of rotatable bonds is 4. The van der Waals surface area contributed by atoms with E-state index in [2.05, 4.69) is 9.97 Å². The van der Waals surface area contributed by atoms with Crippen LogP contribution in [0.3, 0.4) is 0 Å². The Kier molecular flexibility index (Phi) is 5.13. The van der Waals surface area contributed by atoms with Gasteiger partial charge in [0.1, 0.15) is 6.33 Å². The number of ether oxygens (including phenoxy) is 2. The zero-order chi connectivity index (χ0) is 16.3. The lowest BCUT2D eigenvalue weighted by Gasteiger charge is -2.42. The highest BCUT2D eigenvalue weighted by Crippen LogP contribution is 2.24. The van der Waals surface area contributed by atoms with Crippen molar-refractivity contribution in [2.45, 2.75) is 45.3 Å². The van der Waals surface area contributed by atoms with Crippen LogP contribution >= 0.6 is 0 Å². The molecular weight excluding hydrogens is 282 g/mol. The Balaban J connectivity index is 2.25. The average Bonchev–Trinajstić information content (AvgIpc) is 2.45. The summed E-state index contributed by atoms with van der Waals surface area (Å²) in [6.45, 7) is 9.54. The predicted molar refractivity (Wildman–Crippen MR) is 82.9 cm³/mol. The van der Waals surface area contributed by atoms with Gasteiger partial charge in [0.15, 0.2) is 0 Å². The van der Waals surface area contributed by atoms with Crippen molar-refractivity contribution in [3.8, 4) is 0 Å². The summed E-state index contributed by atoms with van der Waals surface area (Å²) in [5.41, 5.74) is 0.962. The van der Waals surface area contributed by atoms with E-state index in [9.17, 15) is 4.79 Å². The lowest BCUT2D eigenvalue weighted by Crippen LogP contribution is -2.55. The van der Waals surface area contributed by atoms with Crippen molar-refractivity contribution in [1.82, 2.24) is 14.9 Å². The molecule has 0 spiro atoms. The fraction of sp³-hybridized carbons (Fsp3) is 0.688. The van der Waals surface area contributed by atoms with E-state index < -0.39 is 5.60 Å². The number of carbonyl (C=O) groups is 1. The Hall–Kier alpha value is -1.53. The van der Waals surface area contributed by atoms with E-state index in [4.69, 9.17) is 9.47 Å². The Bertz CT molecular complexity index is 531. The van der Waals surface area contributed by atoms with Crippen LogP contribution < -0.4 is 0 Å². The molecule has 1 aliphatic heterocycles. The van der Waals surface area contributed by atoms with E-state index in [1.807, 2.05) is 32.6 Å². The minimum absolute atomic E-state index is 0.0400. The number of morpholine rings is 1. The normalized spacial score (nSPS) is 21.2. The zero-order valence-corrected chi connectivity index (χ0v) is 14.0. The molecule has 1 aromatic heterocycles. The monoisotopic (exact) mass is 307 g/mol. The number of methoxy groups -OCH3 is 1. The van der Waals surface area contributed by atoms with E-state index in [1.54, 1.807) is 13.3 Å². The van der Waals surface area contributed by atoms with Crippen molar-refractivity contribution in [1.29, 1.82) is 0 Å². The van der Waals surface area contributed by atoms with Crippen LogP contribution in [0.15, 0.2) is 12.5 Å². The molecule has 22 heavy (non-hydrogen) atoms. The van der Waals surface area contributed by atoms with Gasteiger partial charge in [-0.1, -0.05) is 13.8 Å². The van der Waals surface area contributed by atoms with Crippen LogP contribution in [-0.4, -0.2) is 59.3 Å². The van der Waals surface area contributed by atoms with Crippen LogP contribution in [-0.2, 0) is 9.47 Å². The molecule has 0 N–H and O–H groups in total. The number of amides is 1. The highest BCUT2D eigenvalue weighted by Gasteiger charge is 2.36. The molecule has 1 fully saturated rings. The summed E-state index contributed by atoms with van der Waals surface area (Å²) in [4.78, 5) is 23.0. The summed E-state index contributed by atoms with van der Waals surface area (Å²) < 4.78 is 11.1. The first kappa shape index (κ1) is 16.8. The van der Waals surface area contributed by atoms with E-state index >= 15 is 0 Å². The smallest absolute Gasteiger partial charge is 0.257 e. The lowest BCUT2D eigenvalue weighted by atomic mass is 10.0. The number of nitrogens with zero attached hydrogens (tertiary/aromatic N) is 3. The lowest BCUT2D eigenvalue weighted by molar-refractivity contribution is -0.143. The molecule has 6 nitrogen and oxygen atoms in total. The first-order valence-electron chi connectivity index (χ1n) is 7.60. The molecule has 0 aromatic carbocycles. The van der Waals surface area contributed by atoms with Crippen molar-refractivity contribution in [3.63, 3.8) is 0 Å². The summed E-state index contributed by atoms with van der Waals surface area (Å²) in [5.74, 6) is 0.132. The molecule has 6 heteroatoms. The summed E-state index contributed by atoms with van der Waals surface area (Å²) in [6.07, 6.45) is 2.98. The van der Waals surface area contributed by atoms with Gasteiger partial charge in [-0.2, -0.15) is 0 Å². The molecule has 2 rings (SSSR count). The van der Waals surface area contributed by atoms with E-state index in [1.165, 1.54) is 6.33 Å². The summed E-state index contributed by atoms with van der Waals surface area (Å²) in [6, 6.07) is 0. The Morgan fingerprint density at radius 1 is 1.55 bits per heavy atom. The molecule has 2 heterocycles. The minimum Gasteiger partial charge on any atom is -0.382 e. The van der Waals surface area contributed by atoms with Crippen LogP contribution in [0.4, 0.5) is 0 Å². The highest BCUT2D eigenvalue weighted by atomic mass is 16.5. The Morgan fingerprint density at radius 3 is 2.91 bits per heavy atom. The second-order valence-corrected chi connectivity index (χ2v) is 6.62. The average molecular weight is 307 g/mol. The molecule has 0 bridgehead atoms. The first-order chi connectivity index (χ1) is 10.3. The van der Waals surface area contributed by atoms with Gasteiger partial charge in [-0.15, -0.1) is 0 Å². The first-order valence-corrected chi connectivity index (χ1v) is 7.60. The standard InChI is InChI=1S/C16H25N3O3/c1-11(2)14-13(6-17-10-18-14)15(20)19-7-12(8-21-5)22-16(3,4)9-19/h6,10-12H,7-9H2,1-5H3/t12-/m1/s1. The maximum Gasteiger partial charge on any atom is 0.257 e. The van der Waals surface area contributed by atoms with Crippen LogP contribution in [0.5, 0.6) is 0 Å². The molecule has 1 saturated heterocycles. The Labute approximate surface area is 131 Å². The molecule has 122 valence electrons. The number of hydrogen-bond donors (Lipinski definition) is 0. The van der Waals surface area contributed by atoms with Gasteiger partial charge in [0.2, 0.25) is 0 Å². The maximum absolute atomic E-state index is 12.9. The van der Waals surface area contributed by atoms with Crippen molar-refractivity contribution in [2.75, 3.05) is 26.8 Å². The molecule has 0 aliphatic carbocycles. The summed E-state index contributed by atoms with van der Waals surface area (Å²) in [5, 5.41) is 0. The fourth-order valence-electron chi connectivity index (χ4n) is 2.86. The third kappa shape index (κ3) is 3.81. The van der Waals surface area contributed by atoms with Crippen LogP contribution in [0.25, 0.3) is 0 Å². The van der Waals surface area contributed by atoms with Crippen LogP contribution in [0.2, 0.25) is 0 Å². The zero-order valence-electron chi connectivity index (χ0n) is 14.0. The number of carbonyl (C=O) groups excluding carboxylic acids is 1. The SMILES string of the molecule is COC[C@H]1CN(C(=O)c2cncnc2C(C)C)CC(C)(C)O1. The molecule has 0 radical (unpaired) electrons. The van der Waals surface area contributed by atoms with Gasteiger partial charge >= 0.3 is 0 Å². The van der Waals surface area contributed by atoms with Gasteiger partial charge in [0.05, 0.1) is 29.6 Å². The van der Waals surface area contributed by atoms with Gasteiger partial charge in [0.25, 0.3) is 5.91 Å². The summed E-state index contributed by atoms with van der Waals surface area (Å²) >= 11 is 0. The molecule has 1 aromatic rings. The van der Waals surface area contributed by atoms with Crippen molar-refractivity contribution in [2.24, 2.45) is 0 Å². The quantitative estimate of drug-likeness (QED) is 0.849. The van der Waals surface area contributed by atoms with Gasteiger partial charge in [-0.3, -0.25) is 4.79 Å². The van der Waals surface area contributed by atoms with Crippen LogP contribution in [0, 0.1) is 0 Å². The molecule has 0 saturated carbocycles. The topological polar surface area (TPSA) is 64.5 Å². The highest BCUT2D eigenvalue weighted by molar-refractivity contribution is 5.95. The fourth-order valence-corrected chi connectivity index (χ4v) is 2.86. The second-order valence-electron chi connectivity index (χ2n) is 6.62. The number of hydrogen-bond acceptors (Lipinski definition) is 5. The van der Waals surface area contributed by atoms with Crippen molar-refractivity contribution >= 4 is 5.91 Å². The predicted octanol–water partition coefficient (Wildman–Crippen LogP) is 1.87. The minimum atomic E-state index is -0.398. The third-order valence-corrected chi connectivity index (χ3v) is 3.64. The van der Waals surface area contributed by atoms with Gasteiger partial charge in [-0.05, 0) is 19.8 Å². The van der Waals surface area contributed by atoms with Gasteiger partial charge in [-0.25, -0.2) is 9.97 Å². The van der Waals surface area contributed by atoms with Gasteiger partial charge < -0.3 is 14.4 Å². The Morgan fingerprint density at radius 2 is 2.27 bits per heavy atom. The largest absolute Gasteiger partial charge is 0.382 e. The van der Waals surface area contributed by atoms with Crippen molar-refractivity contribution in [3.05, 3.63) is 23.8 Å². The number of aromatic nitrogens is 2.